The number of hydrogen-bond acceptors (Lipinski definition) is 8. The second kappa shape index (κ2) is 9.86. The van der Waals surface area contributed by atoms with Crippen LogP contribution in [0.4, 0.5) is 0 Å². The monoisotopic (exact) mass is 474 g/mol. The summed E-state index contributed by atoms with van der Waals surface area (Å²) in [6.07, 6.45) is 1.49. The van der Waals surface area contributed by atoms with Crippen molar-refractivity contribution in [3.05, 3.63) is 82.4 Å². The molecule has 2 aliphatic rings. The van der Waals surface area contributed by atoms with E-state index in [1.807, 2.05) is 19.1 Å². The van der Waals surface area contributed by atoms with Gasteiger partial charge in [-0.1, -0.05) is 6.07 Å². The maximum absolute atomic E-state index is 12.7. The second-order valence-corrected chi connectivity index (χ2v) is 7.77. The average Bonchev–Trinajstić information content (AvgIpc) is 3.54. The Hall–Kier alpha value is -4.37. The van der Waals surface area contributed by atoms with Crippen LogP contribution >= 0.6 is 0 Å². The molecule has 0 unspecified atom stereocenters. The molecule has 0 saturated heterocycles. The van der Waals surface area contributed by atoms with Crippen LogP contribution in [0.15, 0.2) is 59.7 Å². The van der Waals surface area contributed by atoms with Crippen LogP contribution < -0.4 is 24.4 Å². The number of carbonyl (C=O) groups is 2. The van der Waals surface area contributed by atoms with Crippen molar-refractivity contribution in [2.24, 2.45) is 5.10 Å². The van der Waals surface area contributed by atoms with Crippen molar-refractivity contribution in [2.45, 2.75) is 20.1 Å². The number of hydrazone groups is 1. The molecule has 2 heterocycles. The molecule has 0 atom stereocenters. The van der Waals surface area contributed by atoms with E-state index in [9.17, 15) is 9.59 Å². The highest BCUT2D eigenvalue weighted by atomic mass is 16.7. The van der Waals surface area contributed by atoms with Crippen LogP contribution in [0.25, 0.3) is 0 Å². The van der Waals surface area contributed by atoms with E-state index >= 15 is 0 Å². The number of nitrogens with zero attached hydrogens (tertiary/aromatic N) is 1. The van der Waals surface area contributed by atoms with E-state index in [4.69, 9.17) is 23.7 Å². The molecule has 1 N–H and O–H groups in total. The van der Waals surface area contributed by atoms with E-state index in [0.717, 1.165) is 11.1 Å². The molecule has 5 rings (SSSR count). The normalized spacial score (nSPS) is 13.5. The van der Waals surface area contributed by atoms with Gasteiger partial charge in [0, 0.05) is 5.56 Å². The number of amides is 1. The Bertz CT molecular complexity index is 1320. The topological polar surface area (TPSA) is 105 Å². The van der Waals surface area contributed by atoms with Crippen LogP contribution in [0.1, 0.15) is 44.3 Å². The van der Waals surface area contributed by atoms with Gasteiger partial charge < -0.3 is 23.7 Å². The van der Waals surface area contributed by atoms with Crippen molar-refractivity contribution in [1.29, 1.82) is 0 Å². The van der Waals surface area contributed by atoms with Crippen molar-refractivity contribution in [3.63, 3.8) is 0 Å². The van der Waals surface area contributed by atoms with Crippen LogP contribution in [0.2, 0.25) is 0 Å². The molecule has 0 saturated carbocycles. The SMILES string of the molecule is CCOc1cc(/C=N\NC(=O)c2ccc3c(c2)COC3)ccc1OC(=O)c1ccc2c(c1)OCO2. The highest BCUT2D eigenvalue weighted by Gasteiger charge is 2.19. The van der Waals surface area contributed by atoms with Gasteiger partial charge in [-0.3, -0.25) is 4.79 Å². The van der Waals surface area contributed by atoms with Crippen molar-refractivity contribution in [3.8, 4) is 23.0 Å². The van der Waals surface area contributed by atoms with Gasteiger partial charge in [-0.05, 0) is 72.1 Å². The third kappa shape index (κ3) is 4.95. The number of fused-ring (bicyclic) bond motifs is 2. The molecule has 9 heteroatoms. The Morgan fingerprint density at radius 1 is 0.943 bits per heavy atom. The van der Waals surface area contributed by atoms with E-state index in [0.29, 0.717) is 53.8 Å². The summed E-state index contributed by atoms with van der Waals surface area (Å²) < 4.78 is 27.2. The largest absolute Gasteiger partial charge is 0.490 e. The number of rotatable bonds is 7. The van der Waals surface area contributed by atoms with Crippen molar-refractivity contribution < 1.29 is 33.3 Å². The third-order valence-electron chi connectivity index (χ3n) is 5.44. The zero-order chi connectivity index (χ0) is 24.2. The van der Waals surface area contributed by atoms with E-state index in [2.05, 4.69) is 10.5 Å². The lowest BCUT2D eigenvalue weighted by molar-refractivity contribution is 0.0727. The summed E-state index contributed by atoms with van der Waals surface area (Å²) in [6, 6.07) is 15.3. The standard InChI is InChI=1S/C26H22N2O7/c1-2-32-23-9-16(12-27-28-25(29)17-4-5-19-13-31-14-20(19)10-17)3-7-22(23)35-26(30)18-6-8-21-24(11-18)34-15-33-21/h3-12H,2,13-15H2,1H3,(H,28,29)/b27-12-. The first-order valence-electron chi connectivity index (χ1n) is 11.0. The molecular weight excluding hydrogens is 452 g/mol. The fraction of sp³-hybridized carbons (Fsp3) is 0.192. The van der Waals surface area contributed by atoms with Gasteiger partial charge in [0.2, 0.25) is 6.79 Å². The fourth-order valence-electron chi connectivity index (χ4n) is 3.68. The fourth-order valence-corrected chi connectivity index (χ4v) is 3.68. The number of ether oxygens (including phenoxy) is 5. The molecular formula is C26H22N2O7. The van der Waals surface area contributed by atoms with E-state index in [1.54, 1.807) is 42.5 Å². The molecule has 0 fully saturated rings. The summed E-state index contributed by atoms with van der Waals surface area (Å²) in [5, 5.41) is 4.04. The quantitative estimate of drug-likeness (QED) is 0.240. The second-order valence-electron chi connectivity index (χ2n) is 7.77. The lowest BCUT2D eigenvalue weighted by Gasteiger charge is -2.11. The van der Waals surface area contributed by atoms with Gasteiger partial charge in [0.25, 0.3) is 5.91 Å². The van der Waals surface area contributed by atoms with Crippen LogP contribution in [0, 0.1) is 0 Å². The van der Waals surface area contributed by atoms with Gasteiger partial charge >= 0.3 is 5.97 Å². The Morgan fingerprint density at radius 3 is 2.66 bits per heavy atom. The maximum atomic E-state index is 12.7. The molecule has 3 aromatic carbocycles. The summed E-state index contributed by atoms with van der Waals surface area (Å²) in [7, 11) is 0. The summed E-state index contributed by atoms with van der Waals surface area (Å²) >= 11 is 0. The van der Waals surface area contributed by atoms with Crippen molar-refractivity contribution >= 4 is 18.1 Å². The summed E-state index contributed by atoms with van der Waals surface area (Å²) in [5.41, 5.74) is 6.10. The first-order chi connectivity index (χ1) is 17.1. The molecule has 178 valence electrons. The highest BCUT2D eigenvalue weighted by Crippen LogP contribution is 2.34. The summed E-state index contributed by atoms with van der Waals surface area (Å²) in [6.45, 7) is 3.39. The van der Waals surface area contributed by atoms with Crippen LogP contribution in [-0.2, 0) is 18.0 Å². The minimum absolute atomic E-state index is 0.119. The van der Waals surface area contributed by atoms with Crippen LogP contribution in [0.3, 0.4) is 0 Å². The van der Waals surface area contributed by atoms with E-state index in [1.165, 1.54) is 6.21 Å². The molecule has 35 heavy (non-hydrogen) atoms. The molecule has 3 aromatic rings. The number of nitrogens with one attached hydrogen (secondary N) is 1. The lowest BCUT2D eigenvalue weighted by atomic mass is 10.1. The minimum atomic E-state index is -0.558. The Labute approximate surface area is 201 Å². The highest BCUT2D eigenvalue weighted by molar-refractivity contribution is 5.95. The number of hydrogen-bond donors (Lipinski definition) is 1. The number of esters is 1. The molecule has 9 nitrogen and oxygen atoms in total. The molecule has 0 spiro atoms. The molecule has 2 aliphatic heterocycles. The zero-order valence-corrected chi connectivity index (χ0v) is 18.9. The zero-order valence-electron chi connectivity index (χ0n) is 18.9. The first kappa shape index (κ1) is 22.4. The van der Waals surface area contributed by atoms with Gasteiger partial charge in [0.1, 0.15) is 0 Å². The average molecular weight is 474 g/mol. The van der Waals surface area contributed by atoms with E-state index in [-0.39, 0.29) is 18.4 Å². The van der Waals surface area contributed by atoms with Crippen LogP contribution in [-0.4, -0.2) is 31.5 Å². The van der Waals surface area contributed by atoms with Gasteiger partial charge in [0.15, 0.2) is 23.0 Å². The smallest absolute Gasteiger partial charge is 0.343 e. The van der Waals surface area contributed by atoms with Crippen LogP contribution in [0.5, 0.6) is 23.0 Å². The van der Waals surface area contributed by atoms with Gasteiger partial charge in [0.05, 0.1) is 31.6 Å². The van der Waals surface area contributed by atoms with Crippen molar-refractivity contribution in [1.82, 2.24) is 5.43 Å². The number of benzene rings is 3. The molecule has 0 bridgehead atoms. The Morgan fingerprint density at radius 2 is 1.77 bits per heavy atom. The third-order valence-corrected chi connectivity index (χ3v) is 5.44. The molecule has 0 aliphatic carbocycles. The predicted octanol–water partition coefficient (Wildman–Crippen LogP) is 3.83. The minimum Gasteiger partial charge on any atom is -0.490 e. The maximum Gasteiger partial charge on any atom is 0.343 e. The van der Waals surface area contributed by atoms with E-state index < -0.39 is 5.97 Å². The van der Waals surface area contributed by atoms with Gasteiger partial charge in [-0.25, -0.2) is 10.2 Å². The lowest BCUT2D eigenvalue weighted by Crippen LogP contribution is -2.17. The first-order valence-corrected chi connectivity index (χ1v) is 11.0. The predicted molar refractivity (Wildman–Crippen MR) is 125 cm³/mol. The van der Waals surface area contributed by atoms with Gasteiger partial charge in [-0.2, -0.15) is 5.10 Å². The van der Waals surface area contributed by atoms with Gasteiger partial charge in [-0.15, -0.1) is 0 Å². The molecule has 0 aromatic heterocycles. The van der Waals surface area contributed by atoms with Crippen molar-refractivity contribution in [2.75, 3.05) is 13.4 Å². The number of carbonyl (C=O) groups excluding carboxylic acids is 2. The summed E-state index contributed by atoms with van der Waals surface area (Å²) in [4.78, 5) is 25.1. The molecule has 1 amide bonds. The Kier molecular flexibility index (Phi) is 6.32. The Balaban J connectivity index is 1.26. The summed E-state index contributed by atoms with van der Waals surface area (Å²) in [5.74, 6) is 0.822. The molecule has 0 radical (unpaired) electrons.